The first-order chi connectivity index (χ1) is 15.6. The van der Waals surface area contributed by atoms with Crippen LogP contribution in [0.4, 0.5) is 4.39 Å². The molecule has 2 aliphatic rings. The van der Waals surface area contributed by atoms with Crippen LogP contribution in [0.3, 0.4) is 0 Å². The van der Waals surface area contributed by atoms with E-state index >= 15 is 0 Å². The van der Waals surface area contributed by atoms with Crippen LogP contribution < -0.4 is 0 Å². The van der Waals surface area contributed by atoms with Crippen molar-refractivity contribution in [1.82, 2.24) is 9.88 Å². The molecule has 1 aliphatic heterocycles. The SMILES string of the molecule is CC(CC(=O)N1CCCC2C(C=O)CCCC21)c1c[nH]c2cccc(-c3ccc(F)o3)c12. The molecule has 32 heavy (non-hydrogen) atoms. The molecule has 0 spiro atoms. The summed E-state index contributed by atoms with van der Waals surface area (Å²) < 4.78 is 18.8. The minimum Gasteiger partial charge on any atom is -0.431 e. The molecule has 3 aromatic rings. The van der Waals surface area contributed by atoms with Crippen LogP contribution in [0, 0.1) is 17.8 Å². The third kappa shape index (κ3) is 3.65. The van der Waals surface area contributed by atoms with Gasteiger partial charge >= 0.3 is 0 Å². The van der Waals surface area contributed by atoms with Crippen LogP contribution in [0.15, 0.2) is 40.9 Å². The summed E-state index contributed by atoms with van der Waals surface area (Å²) in [5, 5.41) is 0.970. The quantitative estimate of drug-likeness (QED) is 0.524. The van der Waals surface area contributed by atoms with Gasteiger partial charge in [-0.15, -0.1) is 0 Å². The van der Waals surface area contributed by atoms with Gasteiger partial charge in [0.15, 0.2) is 0 Å². The minimum atomic E-state index is -0.613. The second kappa shape index (κ2) is 8.57. The van der Waals surface area contributed by atoms with Crippen molar-refractivity contribution in [3.8, 4) is 11.3 Å². The summed E-state index contributed by atoms with van der Waals surface area (Å²) in [5.74, 6) is 1.03. The van der Waals surface area contributed by atoms with E-state index in [1.165, 1.54) is 6.07 Å². The molecule has 2 fully saturated rings. The molecule has 1 amide bonds. The van der Waals surface area contributed by atoms with E-state index in [0.29, 0.717) is 18.1 Å². The summed E-state index contributed by atoms with van der Waals surface area (Å²) in [7, 11) is 0. The van der Waals surface area contributed by atoms with Crippen LogP contribution in [-0.4, -0.2) is 34.7 Å². The van der Waals surface area contributed by atoms with E-state index < -0.39 is 6.01 Å². The van der Waals surface area contributed by atoms with Gasteiger partial charge in [0, 0.05) is 53.7 Å². The van der Waals surface area contributed by atoms with E-state index in [4.69, 9.17) is 4.42 Å². The van der Waals surface area contributed by atoms with Gasteiger partial charge in [-0.05, 0) is 55.2 Å². The topological polar surface area (TPSA) is 66.3 Å². The lowest BCUT2D eigenvalue weighted by atomic mass is 9.71. The van der Waals surface area contributed by atoms with Crippen LogP contribution in [0.1, 0.15) is 56.9 Å². The third-order valence-corrected chi connectivity index (χ3v) is 7.50. The van der Waals surface area contributed by atoms with Crippen LogP contribution in [0.5, 0.6) is 0 Å². The van der Waals surface area contributed by atoms with Crippen molar-refractivity contribution in [2.24, 2.45) is 11.8 Å². The summed E-state index contributed by atoms with van der Waals surface area (Å²) in [6.07, 6.45) is 8.43. The van der Waals surface area contributed by atoms with Crippen molar-refractivity contribution in [3.05, 3.63) is 48.1 Å². The second-order valence-electron chi connectivity index (χ2n) is 9.37. The van der Waals surface area contributed by atoms with E-state index in [9.17, 15) is 14.0 Å². The lowest BCUT2D eigenvalue weighted by Gasteiger charge is -2.46. The number of aldehydes is 1. The zero-order valence-electron chi connectivity index (χ0n) is 18.4. The molecule has 2 aromatic heterocycles. The summed E-state index contributed by atoms with van der Waals surface area (Å²) in [6, 6.07) is 8.34. The number of carbonyl (C=O) groups excluding carboxylic acids is 2. The normalized spacial score (nSPS) is 24.3. The summed E-state index contributed by atoms with van der Waals surface area (Å²) >= 11 is 0. The Bertz CT molecular complexity index is 1130. The molecule has 6 heteroatoms. The van der Waals surface area contributed by atoms with Crippen molar-refractivity contribution in [2.75, 3.05) is 6.54 Å². The van der Waals surface area contributed by atoms with Crippen LogP contribution in [0.2, 0.25) is 0 Å². The molecular formula is C26H29FN2O3. The summed E-state index contributed by atoms with van der Waals surface area (Å²) in [5.41, 5.74) is 2.79. The van der Waals surface area contributed by atoms with Gasteiger partial charge in [-0.1, -0.05) is 25.5 Å². The van der Waals surface area contributed by atoms with E-state index in [0.717, 1.165) is 67.0 Å². The highest BCUT2D eigenvalue weighted by atomic mass is 19.1. The maximum Gasteiger partial charge on any atom is 0.278 e. The Balaban J connectivity index is 1.40. The number of nitrogens with one attached hydrogen (secondary N) is 1. The Labute approximate surface area is 187 Å². The maximum atomic E-state index is 13.5. The number of H-pyrrole nitrogens is 1. The highest BCUT2D eigenvalue weighted by Crippen LogP contribution is 2.40. The first kappa shape index (κ1) is 21.0. The number of furan rings is 1. The van der Waals surface area contributed by atoms with Crippen LogP contribution >= 0.6 is 0 Å². The fourth-order valence-corrected chi connectivity index (χ4v) is 5.96. The number of aromatic nitrogens is 1. The predicted molar refractivity (Wildman–Crippen MR) is 121 cm³/mol. The molecule has 4 atom stereocenters. The summed E-state index contributed by atoms with van der Waals surface area (Å²) in [6.45, 7) is 2.85. The number of carbonyl (C=O) groups is 2. The number of aromatic amines is 1. The van der Waals surface area contributed by atoms with Crippen molar-refractivity contribution in [1.29, 1.82) is 0 Å². The zero-order valence-corrected chi connectivity index (χ0v) is 18.4. The molecule has 4 unspecified atom stereocenters. The van der Waals surface area contributed by atoms with Gasteiger partial charge < -0.3 is 19.1 Å². The number of likely N-dealkylation sites (tertiary alicyclic amines) is 1. The molecule has 1 saturated carbocycles. The summed E-state index contributed by atoms with van der Waals surface area (Å²) in [4.78, 5) is 30.3. The number of hydrogen-bond donors (Lipinski definition) is 1. The number of hydrogen-bond acceptors (Lipinski definition) is 3. The third-order valence-electron chi connectivity index (χ3n) is 7.50. The molecule has 168 valence electrons. The number of halogens is 1. The average Bonchev–Trinajstić information content (AvgIpc) is 3.44. The lowest BCUT2D eigenvalue weighted by molar-refractivity contribution is -0.140. The molecule has 0 bridgehead atoms. The first-order valence-corrected chi connectivity index (χ1v) is 11.7. The number of nitrogens with zero attached hydrogens (tertiary/aromatic N) is 1. The first-order valence-electron chi connectivity index (χ1n) is 11.7. The molecular weight excluding hydrogens is 407 g/mol. The highest BCUT2D eigenvalue weighted by Gasteiger charge is 2.40. The molecule has 5 nitrogen and oxygen atoms in total. The number of rotatable bonds is 5. The van der Waals surface area contributed by atoms with Crippen LogP contribution in [0.25, 0.3) is 22.2 Å². The molecule has 0 radical (unpaired) electrons. The largest absolute Gasteiger partial charge is 0.431 e. The van der Waals surface area contributed by atoms with Gasteiger partial charge in [0.25, 0.3) is 6.01 Å². The van der Waals surface area contributed by atoms with Crippen molar-refractivity contribution in [2.45, 2.75) is 57.4 Å². The van der Waals surface area contributed by atoms with Crippen molar-refractivity contribution in [3.63, 3.8) is 0 Å². The second-order valence-corrected chi connectivity index (χ2v) is 9.37. The molecule has 1 aliphatic carbocycles. The Morgan fingerprint density at radius 1 is 1.25 bits per heavy atom. The fraction of sp³-hybridized carbons (Fsp3) is 0.462. The molecule has 1 saturated heterocycles. The number of benzene rings is 1. The van der Waals surface area contributed by atoms with Gasteiger partial charge in [0.2, 0.25) is 5.91 Å². The zero-order chi connectivity index (χ0) is 22.2. The van der Waals surface area contributed by atoms with Gasteiger partial charge in [-0.3, -0.25) is 4.79 Å². The Kier molecular flexibility index (Phi) is 5.62. The molecule has 1 N–H and O–H groups in total. The maximum absolute atomic E-state index is 13.5. The predicted octanol–water partition coefficient (Wildman–Crippen LogP) is 5.67. The molecule has 5 rings (SSSR count). The Hall–Kier alpha value is -2.89. The van der Waals surface area contributed by atoms with Crippen molar-refractivity contribution < 1.29 is 18.4 Å². The average molecular weight is 437 g/mol. The number of piperidine rings is 1. The van der Waals surface area contributed by atoms with Gasteiger partial charge in [0.05, 0.1) is 0 Å². The number of fused-ring (bicyclic) bond motifs is 2. The van der Waals surface area contributed by atoms with E-state index in [2.05, 4.69) is 16.8 Å². The number of amides is 1. The standard InChI is InChI=1S/C26H29FN2O3/c1-16(13-25(31)29-12-4-7-18-17(15-30)5-2-9-22(18)29)20-14-28-21-8-3-6-19(26(20)21)23-10-11-24(27)32-23/h3,6,8,10-11,14-18,22,28H,2,4-5,7,9,12-13H2,1H3. The monoisotopic (exact) mass is 436 g/mol. The smallest absolute Gasteiger partial charge is 0.278 e. The molecule has 3 heterocycles. The minimum absolute atomic E-state index is 0.0111. The van der Waals surface area contributed by atoms with E-state index in [1.807, 2.05) is 24.4 Å². The molecule has 1 aromatic carbocycles. The van der Waals surface area contributed by atoms with E-state index in [-0.39, 0.29) is 23.8 Å². The van der Waals surface area contributed by atoms with Gasteiger partial charge in [-0.25, -0.2) is 0 Å². The van der Waals surface area contributed by atoms with Crippen molar-refractivity contribution >= 4 is 23.1 Å². The fourth-order valence-electron chi connectivity index (χ4n) is 5.96. The lowest BCUT2D eigenvalue weighted by Crippen LogP contribution is -2.52. The van der Waals surface area contributed by atoms with E-state index in [1.54, 1.807) is 6.07 Å². The van der Waals surface area contributed by atoms with Gasteiger partial charge in [0.1, 0.15) is 12.0 Å². The van der Waals surface area contributed by atoms with Crippen LogP contribution in [-0.2, 0) is 9.59 Å². The highest BCUT2D eigenvalue weighted by molar-refractivity contribution is 5.97. The van der Waals surface area contributed by atoms with Gasteiger partial charge in [-0.2, -0.15) is 4.39 Å². The Morgan fingerprint density at radius 3 is 2.91 bits per heavy atom. The Morgan fingerprint density at radius 2 is 2.12 bits per heavy atom.